The van der Waals surface area contributed by atoms with E-state index in [0.29, 0.717) is 12.3 Å². The Morgan fingerprint density at radius 3 is 2.53 bits per heavy atom. The Morgan fingerprint density at radius 2 is 2.00 bits per heavy atom. The molecule has 1 aromatic carbocycles. The first kappa shape index (κ1) is 15.6. The molecular formula is C14H20F2N2O. The van der Waals surface area contributed by atoms with Gasteiger partial charge in [-0.3, -0.25) is 4.79 Å². The average molecular weight is 270 g/mol. The van der Waals surface area contributed by atoms with Crippen LogP contribution in [0.5, 0.6) is 0 Å². The number of halogens is 2. The molecule has 5 heteroatoms. The highest BCUT2D eigenvalue weighted by molar-refractivity contribution is 5.81. The molecule has 0 aliphatic heterocycles. The lowest BCUT2D eigenvalue weighted by atomic mass is 10.0. The molecule has 0 heterocycles. The predicted octanol–water partition coefficient (Wildman–Crippen LogP) is 2.30. The van der Waals surface area contributed by atoms with E-state index in [0.717, 1.165) is 6.07 Å². The number of nitrogens with two attached hydrogens (primary N) is 1. The van der Waals surface area contributed by atoms with Gasteiger partial charge in [0.1, 0.15) is 11.6 Å². The molecule has 0 unspecified atom stereocenters. The molecule has 0 fully saturated rings. The third kappa shape index (κ3) is 4.59. The summed E-state index contributed by atoms with van der Waals surface area (Å²) >= 11 is 0. The van der Waals surface area contributed by atoms with E-state index < -0.39 is 17.7 Å². The lowest BCUT2D eigenvalue weighted by Crippen LogP contribution is -2.42. The molecule has 19 heavy (non-hydrogen) atoms. The van der Waals surface area contributed by atoms with E-state index in [1.165, 1.54) is 17.0 Å². The molecule has 0 radical (unpaired) electrons. The SMILES string of the molecule is CC(C)C[C@H](N)C(=O)N(C)Cc1ccc(F)cc1F. The fraction of sp³-hybridized carbons (Fsp3) is 0.500. The van der Waals surface area contributed by atoms with Gasteiger partial charge in [-0.2, -0.15) is 0 Å². The van der Waals surface area contributed by atoms with Crippen molar-refractivity contribution in [2.45, 2.75) is 32.9 Å². The van der Waals surface area contributed by atoms with Crippen LogP contribution in [0.25, 0.3) is 0 Å². The van der Waals surface area contributed by atoms with Crippen molar-refractivity contribution in [2.75, 3.05) is 7.05 Å². The van der Waals surface area contributed by atoms with Crippen molar-refractivity contribution in [2.24, 2.45) is 11.7 Å². The molecule has 3 nitrogen and oxygen atoms in total. The fourth-order valence-electron chi connectivity index (χ4n) is 1.88. The van der Waals surface area contributed by atoms with Gasteiger partial charge in [0.25, 0.3) is 0 Å². The molecule has 0 aliphatic carbocycles. The van der Waals surface area contributed by atoms with Gasteiger partial charge in [0, 0.05) is 25.2 Å². The van der Waals surface area contributed by atoms with Crippen molar-refractivity contribution < 1.29 is 13.6 Å². The molecule has 1 rings (SSSR count). The summed E-state index contributed by atoms with van der Waals surface area (Å²) in [4.78, 5) is 13.3. The Kier molecular flexibility index (Phi) is 5.42. The number of nitrogens with zero attached hydrogens (tertiary/aromatic N) is 1. The van der Waals surface area contributed by atoms with E-state index in [1.807, 2.05) is 13.8 Å². The molecule has 0 aromatic heterocycles. The summed E-state index contributed by atoms with van der Waals surface area (Å²) in [6, 6.07) is 2.73. The average Bonchev–Trinajstić information content (AvgIpc) is 2.30. The molecule has 0 aliphatic rings. The second kappa shape index (κ2) is 6.61. The van der Waals surface area contributed by atoms with Crippen molar-refractivity contribution in [3.8, 4) is 0 Å². The summed E-state index contributed by atoms with van der Waals surface area (Å²) in [6.07, 6.45) is 0.578. The first-order valence-corrected chi connectivity index (χ1v) is 6.25. The van der Waals surface area contributed by atoms with E-state index >= 15 is 0 Å². The van der Waals surface area contributed by atoms with Crippen molar-refractivity contribution in [3.05, 3.63) is 35.4 Å². The molecule has 106 valence electrons. The van der Waals surface area contributed by atoms with Gasteiger partial charge in [0.2, 0.25) is 5.91 Å². The van der Waals surface area contributed by atoms with Crippen molar-refractivity contribution in [3.63, 3.8) is 0 Å². The van der Waals surface area contributed by atoms with Crippen LogP contribution < -0.4 is 5.73 Å². The zero-order valence-corrected chi connectivity index (χ0v) is 11.5. The highest BCUT2D eigenvalue weighted by atomic mass is 19.1. The Balaban J connectivity index is 2.68. The Hall–Kier alpha value is -1.49. The zero-order valence-electron chi connectivity index (χ0n) is 11.5. The molecule has 0 bridgehead atoms. The fourth-order valence-corrected chi connectivity index (χ4v) is 1.88. The van der Waals surface area contributed by atoms with Crippen LogP contribution in [-0.2, 0) is 11.3 Å². The summed E-state index contributed by atoms with van der Waals surface area (Å²) in [5.74, 6) is -1.21. The Labute approximate surface area is 112 Å². The smallest absolute Gasteiger partial charge is 0.239 e. The summed E-state index contributed by atoms with van der Waals surface area (Å²) in [7, 11) is 1.56. The maximum atomic E-state index is 13.5. The number of benzene rings is 1. The minimum absolute atomic E-state index is 0.0801. The van der Waals surface area contributed by atoms with Crippen molar-refractivity contribution in [1.29, 1.82) is 0 Å². The number of hydrogen-bond donors (Lipinski definition) is 1. The maximum Gasteiger partial charge on any atom is 0.239 e. The van der Waals surface area contributed by atoms with E-state index in [9.17, 15) is 13.6 Å². The van der Waals surface area contributed by atoms with E-state index in [1.54, 1.807) is 7.05 Å². The van der Waals surface area contributed by atoms with Gasteiger partial charge in [-0.25, -0.2) is 8.78 Å². The van der Waals surface area contributed by atoms with Crippen LogP contribution in [-0.4, -0.2) is 23.9 Å². The third-order valence-electron chi connectivity index (χ3n) is 2.84. The molecule has 0 saturated carbocycles. The lowest BCUT2D eigenvalue weighted by Gasteiger charge is -2.22. The number of rotatable bonds is 5. The first-order chi connectivity index (χ1) is 8.81. The number of carbonyl (C=O) groups is 1. The van der Waals surface area contributed by atoms with Gasteiger partial charge in [-0.15, -0.1) is 0 Å². The van der Waals surface area contributed by atoms with Crippen LogP contribution in [0.2, 0.25) is 0 Å². The summed E-state index contributed by atoms with van der Waals surface area (Å²) in [5.41, 5.74) is 6.06. The van der Waals surface area contributed by atoms with Crippen LogP contribution in [0.3, 0.4) is 0 Å². The maximum absolute atomic E-state index is 13.5. The zero-order chi connectivity index (χ0) is 14.6. The largest absolute Gasteiger partial charge is 0.340 e. The molecule has 1 atom stereocenters. The van der Waals surface area contributed by atoms with Gasteiger partial charge < -0.3 is 10.6 Å². The van der Waals surface area contributed by atoms with Gasteiger partial charge in [0.05, 0.1) is 6.04 Å². The van der Waals surface area contributed by atoms with Gasteiger partial charge in [0.15, 0.2) is 0 Å². The highest BCUT2D eigenvalue weighted by Crippen LogP contribution is 2.13. The molecule has 1 amide bonds. The van der Waals surface area contributed by atoms with Crippen LogP contribution in [0.15, 0.2) is 18.2 Å². The molecular weight excluding hydrogens is 250 g/mol. The van der Waals surface area contributed by atoms with Crippen LogP contribution >= 0.6 is 0 Å². The lowest BCUT2D eigenvalue weighted by molar-refractivity contribution is -0.132. The highest BCUT2D eigenvalue weighted by Gasteiger charge is 2.20. The minimum Gasteiger partial charge on any atom is -0.340 e. The first-order valence-electron chi connectivity index (χ1n) is 6.25. The van der Waals surface area contributed by atoms with Gasteiger partial charge >= 0.3 is 0 Å². The summed E-state index contributed by atoms with van der Waals surface area (Å²) in [6.45, 7) is 4.04. The monoisotopic (exact) mass is 270 g/mol. The summed E-state index contributed by atoms with van der Waals surface area (Å²) < 4.78 is 26.3. The van der Waals surface area contributed by atoms with Crippen LogP contribution in [0.4, 0.5) is 8.78 Å². The molecule has 0 saturated heterocycles. The minimum atomic E-state index is -0.655. The van der Waals surface area contributed by atoms with Crippen LogP contribution in [0, 0.1) is 17.6 Å². The normalized spacial score (nSPS) is 12.6. The van der Waals surface area contributed by atoms with Gasteiger partial charge in [-0.05, 0) is 18.4 Å². The number of likely N-dealkylation sites (N-methyl/N-ethyl adjacent to an activating group) is 1. The Morgan fingerprint density at radius 1 is 1.37 bits per heavy atom. The topological polar surface area (TPSA) is 46.3 Å². The second-order valence-corrected chi connectivity index (χ2v) is 5.17. The number of hydrogen-bond acceptors (Lipinski definition) is 2. The van der Waals surface area contributed by atoms with Crippen LogP contribution in [0.1, 0.15) is 25.8 Å². The molecule has 1 aromatic rings. The molecule has 2 N–H and O–H groups in total. The van der Waals surface area contributed by atoms with Crippen molar-refractivity contribution >= 4 is 5.91 Å². The third-order valence-corrected chi connectivity index (χ3v) is 2.84. The second-order valence-electron chi connectivity index (χ2n) is 5.17. The predicted molar refractivity (Wildman–Crippen MR) is 70.3 cm³/mol. The standard InChI is InChI=1S/C14H20F2N2O/c1-9(2)6-13(17)14(19)18(3)8-10-4-5-11(15)7-12(10)16/h4-5,7,9,13H,6,8,17H2,1-3H3/t13-/m0/s1. The van der Waals surface area contributed by atoms with E-state index in [4.69, 9.17) is 5.73 Å². The van der Waals surface area contributed by atoms with Gasteiger partial charge in [-0.1, -0.05) is 19.9 Å². The quantitative estimate of drug-likeness (QED) is 0.892. The molecule has 0 spiro atoms. The Bertz CT molecular complexity index is 449. The summed E-state index contributed by atoms with van der Waals surface area (Å²) in [5, 5.41) is 0. The van der Waals surface area contributed by atoms with E-state index in [-0.39, 0.29) is 18.0 Å². The number of amides is 1. The van der Waals surface area contributed by atoms with E-state index in [2.05, 4.69) is 0 Å². The number of carbonyl (C=O) groups excluding carboxylic acids is 1. The van der Waals surface area contributed by atoms with Crippen molar-refractivity contribution in [1.82, 2.24) is 4.90 Å².